The van der Waals surface area contributed by atoms with E-state index < -0.39 is 47.9 Å². The van der Waals surface area contributed by atoms with Crippen LogP contribution in [0.4, 0.5) is 4.39 Å². The molecule has 5 atom stereocenters. The number of carbonyl (C=O) groups is 2. The molecule has 196 valence electrons. The number of halogens is 1. The SMILES string of the molecule is CC[C@H]1C(=O)C(C)(C)[C@@H](O)CC(=O)O[C@H](C(F)=Cc2csc(C)n2)C/C=C(/C)CCC[C@H](C)[C@@H]1O. The van der Waals surface area contributed by atoms with E-state index in [1.54, 1.807) is 19.2 Å². The van der Waals surface area contributed by atoms with Gasteiger partial charge in [0.15, 0.2) is 6.10 Å². The summed E-state index contributed by atoms with van der Waals surface area (Å²) in [5, 5.41) is 24.3. The van der Waals surface area contributed by atoms with Crippen LogP contribution in [0.3, 0.4) is 0 Å². The van der Waals surface area contributed by atoms with Crippen LogP contribution in [-0.4, -0.2) is 45.3 Å². The molecule has 0 amide bonds. The Morgan fingerprint density at radius 1 is 1.31 bits per heavy atom. The van der Waals surface area contributed by atoms with Crippen molar-refractivity contribution in [3.63, 3.8) is 0 Å². The molecule has 0 saturated carbocycles. The number of ketones is 1. The summed E-state index contributed by atoms with van der Waals surface area (Å²) in [5.74, 6) is -2.45. The number of ether oxygens (including phenoxy) is 1. The lowest BCUT2D eigenvalue weighted by Gasteiger charge is -2.35. The van der Waals surface area contributed by atoms with E-state index in [1.807, 2.05) is 33.8 Å². The predicted molar refractivity (Wildman–Crippen MR) is 136 cm³/mol. The maximum Gasteiger partial charge on any atom is 0.309 e. The van der Waals surface area contributed by atoms with Crippen LogP contribution in [-0.2, 0) is 14.3 Å². The highest BCUT2D eigenvalue weighted by Gasteiger charge is 2.43. The molecule has 0 unspecified atom stereocenters. The maximum absolute atomic E-state index is 15.2. The summed E-state index contributed by atoms with van der Waals surface area (Å²) in [6.45, 7) is 10.7. The lowest BCUT2D eigenvalue weighted by molar-refractivity contribution is -0.155. The molecule has 0 bridgehead atoms. The van der Waals surface area contributed by atoms with E-state index in [0.717, 1.165) is 29.8 Å². The van der Waals surface area contributed by atoms with E-state index in [0.29, 0.717) is 12.1 Å². The molecule has 2 rings (SSSR count). The van der Waals surface area contributed by atoms with Gasteiger partial charge in [-0.1, -0.05) is 39.3 Å². The number of carbonyl (C=O) groups excluding carboxylic acids is 2. The summed E-state index contributed by atoms with van der Waals surface area (Å²) >= 11 is 1.40. The monoisotopic (exact) mass is 509 g/mol. The highest BCUT2D eigenvalue weighted by atomic mass is 32.1. The average molecular weight is 510 g/mol. The van der Waals surface area contributed by atoms with Crippen molar-refractivity contribution >= 4 is 29.2 Å². The number of hydrogen-bond donors (Lipinski definition) is 2. The second-order valence-corrected chi connectivity index (χ2v) is 11.3. The number of Topliss-reactive ketones (excluding diaryl/α,β-unsaturated/α-hetero) is 1. The van der Waals surface area contributed by atoms with Crippen molar-refractivity contribution in [2.45, 2.75) is 98.4 Å². The third kappa shape index (κ3) is 8.05. The first-order chi connectivity index (χ1) is 16.4. The van der Waals surface area contributed by atoms with Gasteiger partial charge >= 0.3 is 5.97 Å². The third-order valence-corrected chi connectivity index (χ3v) is 7.81. The Labute approximate surface area is 212 Å². The Hall–Kier alpha value is -1.90. The molecule has 0 spiro atoms. The van der Waals surface area contributed by atoms with Crippen LogP contribution in [0.2, 0.25) is 0 Å². The number of nitrogens with zero attached hydrogens (tertiary/aromatic N) is 1. The summed E-state index contributed by atoms with van der Waals surface area (Å²) in [4.78, 5) is 30.3. The number of aliphatic hydroxyl groups excluding tert-OH is 2. The van der Waals surface area contributed by atoms with Gasteiger partial charge < -0.3 is 14.9 Å². The molecule has 1 aliphatic rings. The van der Waals surface area contributed by atoms with Gasteiger partial charge in [-0.25, -0.2) is 9.37 Å². The normalized spacial score (nSPS) is 31.5. The number of aliphatic hydroxyl groups is 2. The Bertz CT molecular complexity index is 938. The topological polar surface area (TPSA) is 96.7 Å². The second kappa shape index (κ2) is 12.9. The molecular weight excluding hydrogens is 469 g/mol. The number of allylic oxidation sites excluding steroid dienone is 1. The van der Waals surface area contributed by atoms with E-state index in [4.69, 9.17) is 4.74 Å². The van der Waals surface area contributed by atoms with Crippen LogP contribution >= 0.6 is 11.3 Å². The summed E-state index contributed by atoms with van der Waals surface area (Å²) < 4.78 is 20.6. The molecule has 8 heteroatoms. The van der Waals surface area contributed by atoms with E-state index in [-0.39, 0.29) is 18.1 Å². The number of cyclic esters (lactones) is 1. The van der Waals surface area contributed by atoms with Crippen LogP contribution in [0.15, 0.2) is 22.9 Å². The standard InChI is InChI=1S/C27H40FNO5S/c1-7-20-25(32)17(3)10-8-9-16(2)11-12-22(21(28)13-19-15-35-18(4)29-19)34-24(31)14-23(30)27(5,6)26(20)33/h11,13,15,17,20,22-23,25,30,32H,7-10,12,14H2,1-6H3/b16-11-,21-13?/t17-,20+,22-,23-,25-/m0/s1. The van der Waals surface area contributed by atoms with Gasteiger partial charge in [-0.2, -0.15) is 0 Å². The zero-order valence-electron chi connectivity index (χ0n) is 21.7. The van der Waals surface area contributed by atoms with Gasteiger partial charge in [0.05, 0.1) is 34.7 Å². The van der Waals surface area contributed by atoms with Crippen LogP contribution in [0, 0.1) is 24.2 Å². The molecule has 0 fully saturated rings. The van der Waals surface area contributed by atoms with E-state index in [9.17, 15) is 19.8 Å². The quantitative estimate of drug-likeness (QED) is 0.409. The summed E-state index contributed by atoms with van der Waals surface area (Å²) in [5.41, 5.74) is 0.205. The van der Waals surface area contributed by atoms with Crippen LogP contribution < -0.4 is 0 Å². The van der Waals surface area contributed by atoms with Crippen molar-refractivity contribution in [1.29, 1.82) is 0 Å². The third-order valence-electron chi connectivity index (χ3n) is 7.01. The van der Waals surface area contributed by atoms with Crippen molar-refractivity contribution in [2.75, 3.05) is 0 Å². The number of thiazole rings is 1. The highest BCUT2D eigenvalue weighted by Crippen LogP contribution is 2.34. The Kier molecular flexibility index (Phi) is 10.8. The first kappa shape index (κ1) is 29.3. The number of aromatic nitrogens is 1. The number of esters is 1. The van der Waals surface area contributed by atoms with E-state index in [2.05, 4.69) is 4.98 Å². The minimum atomic E-state index is -1.34. The first-order valence-corrected chi connectivity index (χ1v) is 13.3. The van der Waals surface area contributed by atoms with Crippen molar-refractivity contribution in [1.82, 2.24) is 4.98 Å². The lowest BCUT2D eigenvalue weighted by atomic mass is 9.71. The van der Waals surface area contributed by atoms with Crippen LogP contribution in [0.25, 0.3) is 6.08 Å². The molecule has 0 aliphatic carbocycles. The van der Waals surface area contributed by atoms with Gasteiger partial charge in [-0.3, -0.25) is 9.59 Å². The smallest absolute Gasteiger partial charge is 0.309 e. The van der Waals surface area contributed by atoms with Crippen molar-refractivity contribution in [3.8, 4) is 0 Å². The predicted octanol–water partition coefficient (Wildman–Crippen LogP) is 5.56. The van der Waals surface area contributed by atoms with Crippen molar-refractivity contribution in [2.24, 2.45) is 17.3 Å². The number of aryl methyl sites for hydroxylation is 1. The molecule has 0 radical (unpaired) electrons. The lowest BCUT2D eigenvalue weighted by Crippen LogP contribution is -2.46. The fourth-order valence-corrected chi connectivity index (χ4v) is 4.99. The summed E-state index contributed by atoms with van der Waals surface area (Å²) in [6, 6.07) is 0. The zero-order chi connectivity index (χ0) is 26.3. The van der Waals surface area contributed by atoms with Gasteiger partial charge in [0.1, 0.15) is 11.6 Å². The van der Waals surface area contributed by atoms with Crippen molar-refractivity contribution in [3.05, 3.63) is 33.6 Å². The molecule has 1 aromatic rings. The molecular formula is C27H40FNO5S. The second-order valence-electron chi connectivity index (χ2n) is 10.3. The molecule has 2 N–H and O–H groups in total. The molecule has 1 aromatic heterocycles. The van der Waals surface area contributed by atoms with Crippen molar-refractivity contribution < 1.29 is 28.9 Å². The Balaban J connectivity index is 2.35. The largest absolute Gasteiger partial charge is 0.455 e. The van der Waals surface area contributed by atoms with Gasteiger partial charge in [0, 0.05) is 23.8 Å². The molecule has 35 heavy (non-hydrogen) atoms. The first-order valence-electron chi connectivity index (χ1n) is 12.4. The van der Waals surface area contributed by atoms with Crippen LogP contribution in [0.5, 0.6) is 0 Å². The summed E-state index contributed by atoms with van der Waals surface area (Å²) in [6.07, 6.45) is 2.22. The minimum absolute atomic E-state index is 0.0998. The fraction of sp³-hybridized carbons (Fsp3) is 0.667. The summed E-state index contributed by atoms with van der Waals surface area (Å²) in [7, 11) is 0. The molecule has 0 saturated heterocycles. The van der Waals surface area contributed by atoms with E-state index in [1.165, 1.54) is 17.4 Å². The Morgan fingerprint density at radius 3 is 2.60 bits per heavy atom. The highest BCUT2D eigenvalue weighted by molar-refractivity contribution is 7.09. The van der Waals surface area contributed by atoms with Gasteiger partial charge in [0.2, 0.25) is 0 Å². The van der Waals surface area contributed by atoms with Gasteiger partial charge in [-0.15, -0.1) is 11.3 Å². The zero-order valence-corrected chi connectivity index (χ0v) is 22.5. The maximum atomic E-state index is 15.2. The van der Waals surface area contributed by atoms with Gasteiger partial charge in [-0.05, 0) is 45.4 Å². The van der Waals surface area contributed by atoms with E-state index >= 15 is 4.39 Å². The molecule has 2 heterocycles. The molecule has 1 aliphatic heterocycles. The fourth-order valence-electron chi connectivity index (χ4n) is 4.42. The number of rotatable bonds is 3. The number of hydrogen-bond acceptors (Lipinski definition) is 7. The molecule has 0 aromatic carbocycles. The molecule has 6 nitrogen and oxygen atoms in total. The van der Waals surface area contributed by atoms with Crippen LogP contribution in [0.1, 0.15) is 83.8 Å². The average Bonchev–Trinajstić information content (AvgIpc) is 3.20. The minimum Gasteiger partial charge on any atom is -0.455 e. The van der Waals surface area contributed by atoms with Gasteiger partial charge in [0.25, 0.3) is 0 Å². The Morgan fingerprint density at radius 2 is 2.00 bits per heavy atom.